The lowest BCUT2D eigenvalue weighted by Crippen LogP contribution is -2.39. The first kappa shape index (κ1) is 18.6. The Balaban J connectivity index is 1.43. The molecule has 2 amide bonds. The second kappa shape index (κ2) is 8.09. The van der Waals surface area contributed by atoms with Gasteiger partial charge in [-0.05, 0) is 18.4 Å². The average Bonchev–Trinajstić information content (AvgIpc) is 2.73. The highest BCUT2D eigenvalue weighted by atomic mass is 16.2. The Hall–Kier alpha value is -2.76. The van der Waals surface area contributed by atoms with Crippen LogP contribution in [-0.4, -0.2) is 51.2 Å². The van der Waals surface area contributed by atoms with Gasteiger partial charge in [0.2, 0.25) is 11.8 Å². The van der Waals surface area contributed by atoms with Gasteiger partial charge in [0.15, 0.2) is 0 Å². The van der Waals surface area contributed by atoms with Crippen molar-refractivity contribution in [2.75, 3.05) is 19.6 Å². The zero-order valence-corrected chi connectivity index (χ0v) is 16.3. The summed E-state index contributed by atoms with van der Waals surface area (Å²) < 4.78 is 0. The summed E-state index contributed by atoms with van der Waals surface area (Å²) in [7, 11) is 0. The van der Waals surface area contributed by atoms with Gasteiger partial charge in [0.1, 0.15) is 5.82 Å². The number of hydrogen-bond donors (Lipinski definition) is 0. The summed E-state index contributed by atoms with van der Waals surface area (Å²) in [6, 6.07) is 9.85. The van der Waals surface area contributed by atoms with Gasteiger partial charge in [-0.3, -0.25) is 9.59 Å². The summed E-state index contributed by atoms with van der Waals surface area (Å²) in [4.78, 5) is 37.5. The molecule has 0 bridgehead atoms. The highest BCUT2D eigenvalue weighted by molar-refractivity contribution is 5.79. The molecule has 1 aromatic heterocycles. The van der Waals surface area contributed by atoms with Crippen LogP contribution < -0.4 is 0 Å². The van der Waals surface area contributed by atoms with Crippen LogP contribution >= 0.6 is 0 Å². The molecule has 2 aliphatic heterocycles. The van der Waals surface area contributed by atoms with Gasteiger partial charge in [0.25, 0.3) is 0 Å². The van der Waals surface area contributed by atoms with E-state index in [1.54, 1.807) is 6.92 Å². The lowest BCUT2D eigenvalue weighted by Gasteiger charge is -2.32. The topological polar surface area (TPSA) is 66.4 Å². The monoisotopic (exact) mass is 378 g/mol. The summed E-state index contributed by atoms with van der Waals surface area (Å²) in [5.41, 5.74) is 3.13. The van der Waals surface area contributed by atoms with E-state index in [0.29, 0.717) is 26.1 Å². The largest absolute Gasteiger partial charge is 0.342 e. The molecule has 6 nitrogen and oxygen atoms in total. The normalized spacial score (nSPS) is 19.2. The number of rotatable bonds is 3. The van der Waals surface area contributed by atoms with Crippen molar-refractivity contribution in [1.29, 1.82) is 0 Å². The fourth-order valence-corrected chi connectivity index (χ4v) is 4.10. The van der Waals surface area contributed by atoms with Crippen LogP contribution in [0.15, 0.2) is 36.5 Å². The lowest BCUT2D eigenvalue weighted by molar-refractivity contribution is -0.131. The van der Waals surface area contributed by atoms with Crippen molar-refractivity contribution in [2.24, 2.45) is 0 Å². The number of piperidine rings is 1. The fourth-order valence-electron chi connectivity index (χ4n) is 4.10. The maximum Gasteiger partial charge on any atom is 0.227 e. The molecule has 1 saturated heterocycles. The Kier molecular flexibility index (Phi) is 5.37. The van der Waals surface area contributed by atoms with E-state index in [0.717, 1.165) is 48.5 Å². The number of hydrogen-bond acceptors (Lipinski definition) is 4. The molecule has 0 N–H and O–H groups in total. The smallest absolute Gasteiger partial charge is 0.227 e. The number of fused-ring (bicyclic) bond motifs is 1. The Morgan fingerprint density at radius 2 is 1.96 bits per heavy atom. The quantitative estimate of drug-likeness (QED) is 0.822. The van der Waals surface area contributed by atoms with E-state index in [4.69, 9.17) is 4.98 Å². The zero-order chi connectivity index (χ0) is 19.5. The van der Waals surface area contributed by atoms with Crippen LogP contribution in [0.2, 0.25) is 0 Å². The molecular formula is C22H26N4O2. The Morgan fingerprint density at radius 1 is 1.14 bits per heavy atom. The maximum atomic E-state index is 12.6. The predicted octanol–water partition coefficient (Wildman–Crippen LogP) is 2.33. The number of amides is 2. The first-order valence-corrected chi connectivity index (χ1v) is 10.0. The number of nitrogens with zero attached hydrogens (tertiary/aromatic N) is 4. The number of carbonyl (C=O) groups is 2. The van der Waals surface area contributed by atoms with Gasteiger partial charge in [0, 0.05) is 57.2 Å². The Morgan fingerprint density at radius 3 is 2.75 bits per heavy atom. The third-order valence-electron chi connectivity index (χ3n) is 5.74. The molecule has 0 aliphatic carbocycles. The lowest BCUT2D eigenvalue weighted by atomic mass is 9.96. The van der Waals surface area contributed by atoms with Gasteiger partial charge in [-0.15, -0.1) is 0 Å². The molecule has 28 heavy (non-hydrogen) atoms. The summed E-state index contributed by atoms with van der Waals surface area (Å²) in [6.45, 7) is 4.42. The Bertz CT molecular complexity index is 868. The third kappa shape index (κ3) is 4.06. The van der Waals surface area contributed by atoms with E-state index in [2.05, 4.69) is 4.98 Å². The Labute approximate surface area is 165 Å². The molecule has 1 fully saturated rings. The van der Waals surface area contributed by atoms with E-state index < -0.39 is 0 Å². The van der Waals surface area contributed by atoms with Crippen molar-refractivity contribution in [3.05, 3.63) is 59.2 Å². The van der Waals surface area contributed by atoms with E-state index >= 15 is 0 Å². The first-order valence-electron chi connectivity index (χ1n) is 10.0. The molecule has 1 atom stereocenters. The predicted molar refractivity (Wildman–Crippen MR) is 106 cm³/mol. The minimum atomic E-state index is 0.121. The molecule has 146 valence electrons. The number of benzene rings is 1. The first-order chi connectivity index (χ1) is 13.6. The number of aromatic nitrogens is 2. The van der Waals surface area contributed by atoms with Crippen LogP contribution in [-0.2, 0) is 29.0 Å². The van der Waals surface area contributed by atoms with Gasteiger partial charge in [-0.25, -0.2) is 9.97 Å². The number of carbonyl (C=O) groups excluding carboxylic acids is 2. The van der Waals surface area contributed by atoms with Gasteiger partial charge >= 0.3 is 0 Å². The van der Waals surface area contributed by atoms with Crippen LogP contribution in [0.1, 0.15) is 48.3 Å². The minimum absolute atomic E-state index is 0.121. The molecule has 4 rings (SSSR count). The summed E-state index contributed by atoms with van der Waals surface area (Å²) in [6.07, 6.45) is 5.08. The molecule has 0 radical (unpaired) electrons. The van der Waals surface area contributed by atoms with Crippen LogP contribution in [0.3, 0.4) is 0 Å². The summed E-state index contributed by atoms with van der Waals surface area (Å²) >= 11 is 0. The SMILES string of the molecule is CC(=O)N1CCC[C@H](c2ncc3c(n2)CCN(C(=O)Cc2ccccc2)C3)C1. The minimum Gasteiger partial charge on any atom is -0.342 e. The molecular weight excluding hydrogens is 352 g/mol. The van der Waals surface area contributed by atoms with Crippen molar-refractivity contribution < 1.29 is 9.59 Å². The molecule has 2 aliphatic rings. The van der Waals surface area contributed by atoms with E-state index in [1.807, 2.05) is 46.3 Å². The van der Waals surface area contributed by atoms with Crippen molar-refractivity contribution in [1.82, 2.24) is 19.8 Å². The molecule has 6 heteroatoms. The van der Waals surface area contributed by atoms with Gasteiger partial charge in [-0.2, -0.15) is 0 Å². The van der Waals surface area contributed by atoms with E-state index in [9.17, 15) is 9.59 Å². The fraction of sp³-hybridized carbons (Fsp3) is 0.455. The van der Waals surface area contributed by atoms with Crippen molar-refractivity contribution in [2.45, 2.75) is 45.1 Å². The zero-order valence-electron chi connectivity index (χ0n) is 16.3. The maximum absolute atomic E-state index is 12.6. The summed E-state index contributed by atoms with van der Waals surface area (Å²) in [5, 5.41) is 0. The standard InChI is InChI=1S/C22H26N4O2/c1-16(27)25-10-5-8-18(14-25)22-23-13-19-15-26(11-9-20(19)24-22)21(28)12-17-6-3-2-4-7-17/h2-4,6-7,13,18H,5,8-12,14-15H2,1H3/t18-/m0/s1. The summed E-state index contributed by atoms with van der Waals surface area (Å²) in [5.74, 6) is 1.31. The van der Waals surface area contributed by atoms with E-state index in [-0.39, 0.29) is 17.7 Å². The van der Waals surface area contributed by atoms with Crippen LogP contribution in [0.5, 0.6) is 0 Å². The van der Waals surface area contributed by atoms with Gasteiger partial charge < -0.3 is 9.80 Å². The van der Waals surface area contributed by atoms with Crippen molar-refractivity contribution >= 4 is 11.8 Å². The molecule has 0 spiro atoms. The van der Waals surface area contributed by atoms with Crippen LogP contribution in [0, 0.1) is 0 Å². The van der Waals surface area contributed by atoms with Crippen LogP contribution in [0.4, 0.5) is 0 Å². The molecule has 3 heterocycles. The average molecular weight is 378 g/mol. The second-order valence-corrected chi connectivity index (χ2v) is 7.73. The highest BCUT2D eigenvalue weighted by Crippen LogP contribution is 2.26. The number of likely N-dealkylation sites (tertiary alicyclic amines) is 1. The van der Waals surface area contributed by atoms with Gasteiger partial charge in [0.05, 0.1) is 12.1 Å². The second-order valence-electron chi connectivity index (χ2n) is 7.73. The molecule has 0 unspecified atom stereocenters. The van der Waals surface area contributed by atoms with Crippen molar-refractivity contribution in [3.63, 3.8) is 0 Å². The third-order valence-corrected chi connectivity index (χ3v) is 5.74. The molecule has 0 saturated carbocycles. The van der Waals surface area contributed by atoms with Crippen molar-refractivity contribution in [3.8, 4) is 0 Å². The molecule has 2 aromatic rings. The molecule has 1 aromatic carbocycles. The highest BCUT2D eigenvalue weighted by Gasteiger charge is 2.27. The van der Waals surface area contributed by atoms with Gasteiger partial charge in [-0.1, -0.05) is 30.3 Å². The van der Waals surface area contributed by atoms with E-state index in [1.165, 1.54) is 0 Å². The van der Waals surface area contributed by atoms with Crippen LogP contribution in [0.25, 0.3) is 0 Å².